The van der Waals surface area contributed by atoms with Crippen molar-refractivity contribution in [1.82, 2.24) is 15.7 Å². The monoisotopic (exact) mass is 354 g/mol. The largest absolute Gasteiger partial charge is 0.359 e. The molecule has 0 bridgehead atoms. The van der Waals surface area contributed by atoms with Crippen molar-refractivity contribution in [3.63, 3.8) is 0 Å². The molecule has 1 fully saturated rings. The molecule has 0 aromatic carbocycles. The topological polar surface area (TPSA) is 69.3 Å². The van der Waals surface area contributed by atoms with Gasteiger partial charge in [-0.25, -0.2) is 5.43 Å². The number of nitrogens with one attached hydrogen (secondary N) is 3. The summed E-state index contributed by atoms with van der Waals surface area (Å²) in [7, 11) is 0. The second kappa shape index (κ2) is 6.61. The van der Waals surface area contributed by atoms with Crippen LogP contribution in [0.2, 0.25) is 0 Å². The van der Waals surface area contributed by atoms with Crippen molar-refractivity contribution in [3.05, 3.63) is 50.5 Å². The van der Waals surface area contributed by atoms with Gasteiger partial charge in [0.1, 0.15) is 5.71 Å². The van der Waals surface area contributed by atoms with Crippen LogP contribution < -0.4 is 10.7 Å². The molecule has 1 aliphatic heterocycles. The second-order valence-corrected chi connectivity index (χ2v) is 7.63. The normalized spacial score (nSPS) is 18.7. The summed E-state index contributed by atoms with van der Waals surface area (Å²) in [5, 5.41) is 9.76. The Labute approximate surface area is 151 Å². The average Bonchev–Trinajstić information content (AvgIpc) is 2.99. The van der Waals surface area contributed by atoms with E-state index < -0.39 is 0 Å². The average molecular weight is 354 g/mol. The Morgan fingerprint density at radius 1 is 1.40 bits per heavy atom. The van der Waals surface area contributed by atoms with Crippen LogP contribution in [0.1, 0.15) is 40.2 Å². The third-order valence-corrected chi connectivity index (χ3v) is 5.71. The van der Waals surface area contributed by atoms with Crippen LogP contribution in [-0.4, -0.2) is 29.2 Å². The first-order valence-corrected chi connectivity index (χ1v) is 9.57. The maximum absolute atomic E-state index is 12.2. The first-order valence-electron chi connectivity index (χ1n) is 8.69. The molecule has 3 heterocycles. The lowest BCUT2D eigenvalue weighted by Crippen LogP contribution is -2.19. The molecule has 2 aromatic heterocycles. The summed E-state index contributed by atoms with van der Waals surface area (Å²) >= 11 is 1.59. The molecular weight excluding hydrogens is 332 g/mol. The molecule has 4 rings (SSSR count). The number of carbonyl (C=O) groups is 1. The summed E-state index contributed by atoms with van der Waals surface area (Å²) in [5.74, 6) is -0.146. The number of carbonyl (C=O) groups excluding carboxylic acids is 1. The van der Waals surface area contributed by atoms with E-state index in [2.05, 4.69) is 34.7 Å². The van der Waals surface area contributed by atoms with Crippen LogP contribution in [0.4, 0.5) is 0 Å². The van der Waals surface area contributed by atoms with Gasteiger partial charge in [0.15, 0.2) is 0 Å². The van der Waals surface area contributed by atoms with Crippen LogP contribution in [0, 0.1) is 13.8 Å². The molecule has 2 aliphatic rings. The predicted molar refractivity (Wildman–Crippen MR) is 102 cm³/mol. The molecule has 0 radical (unpaired) electrons. The molecule has 0 unspecified atom stereocenters. The van der Waals surface area contributed by atoms with E-state index in [1.165, 1.54) is 29.7 Å². The van der Waals surface area contributed by atoms with Gasteiger partial charge in [0.05, 0.1) is 10.5 Å². The number of thiophene rings is 1. The van der Waals surface area contributed by atoms with Crippen LogP contribution >= 0.6 is 11.3 Å². The molecule has 3 N–H and O–H groups in total. The predicted octanol–water partition coefficient (Wildman–Crippen LogP) is 2.91. The van der Waals surface area contributed by atoms with Gasteiger partial charge in [-0.15, -0.1) is 11.3 Å². The molecule has 1 aliphatic carbocycles. The number of nitrogens with zero attached hydrogens (tertiary/aromatic N) is 1. The standard InChI is InChI=1S/C19H22N4OS/c1-11-14(7-8-20-13-5-6-13)12(2)21-16(11)10-15-18(22-23-19(15)24)17-4-3-9-25-17/h3-4,9-10,13,20-21H,5-8H2,1-2H3,(H,23,24). The number of aromatic nitrogens is 1. The van der Waals surface area contributed by atoms with Gasteiger partial charge >= 0.3 is 0 Å². The third kappa shape index (κ3) is 3.32. The number of hydrogen-bond donors (Lipinski definition) is 3. The minimum atomic E-state index is -0.146. The smallest absolute Gasteiger partial charge is 0.273 e. The highest BCUT2D eigenvalue weighted by Gasteiger charge is 2.25. The van der Waals surface area contributed by atoms with E-state index in [0.717, 1.165) is 35.3 Å². The molecule has 5 nitrogen and oxygen atoms in total. The molecular formula is C19H22N4OS. The van der Waals surface area contributed by atoms with Gasteiger partial charge in [-0.2, -0.15) is 5.10 Å². The van der Waals surface area contributed by atoms with Crippen LogP contribution in [0.25, 0.3) is 6.08 Å². The van der Waals surface area contributed by atoms with Crippen molar-refractivity contribution in [2.75, 3.05) is 6.54 Å². The molecule has 130 valence electrons. The van der Waals surface area contributed by atoms with Gasteiger partial charge in [0.2, 0.25) is 0 Å². The van der Waals surface area contributed by atoms with Crippen LogP contribution in [0.3, 0.4) is 0 Å². The zero-order valence-electron chi connectivity index (χ0n) is 14.5. The molecule has 1 amide bonds. The fraction of sp³-hybridized carbons (Fsp3) is 0.368. The highest BCUT2D eigenvalue weighted by Crippen LogP contribution is 2.25. The zero-order valence-corrected chi connectivity index (χ0v) is 15.3. The van der Waals surface area contributed by atoms with Crippen LogP contribution in [0.5, 0.6) is 0 Å². The number of H-pyrrole nitrogens is 1. The Kier molecular flexibility index (Phi) is 4.31. The molecule has 1 saturated carbocycles. The summed E-state index contributed by atoms with van der Waals surface area (Å²) in [5.41, 5.74) is 8.66. The fourth-order valence-electron chi connectivity index (χ4n) is 3.24. The first kappa shape index (κ1) is 16.3. The number of hydrogen-bond acceptors (Lipinski definition) is 4. The van der Waals surface area contributed by atoms with Crippen LogP contribution in [-0.2, 0) is 11.2 Å². The summed E-state index contributed by atoms with van der Waals surface area (Å²) in [6.45, 7) is 5.23. The van der Waals surface area contributed by atoms with E-state index in [9.17, 15) is 4.79 Å². The highest BCUT2D eigenvalue weighted by atomic mass is 32.1. The summed E-state index contributed by atoms with van der Waals surface area (Å²) in [4.78, 5) is 16.7. The lowest BCUT2D eigenvalue weighted by atomic mass is 10.0. The van der Waals surface area contributed by atoms with Gasteiger partial charge in [-0.05, 0) is 68.3 Å². The van der Waals surface area contributed by atoms with Gasteiger partial charge in [0.25, 0.3) is 5.91 Å². The SMILES string of the molecule is Cc1[nH]c(C=C2C(=O)NN=C2c2cccs2)c(C)c1CCNC1CC1. The number of aryl methyl sites for hydroxylation is 1. The molecule has 0 atom stereocenters. The molecule has 6 heteroatoms. The third-order valence-electron chi connectivity index (χ3n) is 4.83. The summed E-state index contributed by atoms with van der Waals surface area (Å²) < 4.78 is 0. The molecule has 2 aromatic rings. The van der Waals surface area contributed by atoms with Crippen molar-refractivity contribution in [1.29, 1.82) is 0 Å². The van der Waals surface area contributed by atoms with E-state index in [0.29, 0.717) is 5.57 Å². The van der Waals surface area contributed by atoms with E-state index in [-0.39, 0.29) is 5.91 Å². The molecule has 25 heavy (non-hydrogen) atoms. The van der Waals surface area contributed by atoms with E-state index in [1.807, 2.05) is 23.6 Å². The number of rotatable bonds is 6. The fourth-order valence-corrected chi connectivity index (χ4v) is 3.97. The van der Waals surface area contributed by atoms with E-state index in [4.69, 9.17) is 0 Å². The lowest BCUT2D eigenvalue weighted by molar-refractivity contribution is -0.116. The Morgan fingerprint density at radius 2 is 2.24 bits per heavy atom. The van der Waals surface area contributed by atoms with Crippen molar-refractivity contribution in [2.45, 2.75) is 39.2 Å². The van der Waals surface area contributed by atoms with Crippen molar-refractivity contribution in [2.24, 2.45) is 5.10 Å². The quantitative estimate of drug-likeness (QED) is 0.698. The number of amides is 1. The number of hydrazone groups is 1. The molecule has 0 saturated heterocycles. The summed E-state index contributed by atoms with van der Waals surface area (Å²) in [6.07, 6.45) is 5.55. The second-order valence-electron chi connectivity index (χ2n) is 6.68. The lowest BCUT2D eigenvalue weighted by Gasteiger charge is -2.04. The maximum Gasteiger partial charge on any atom is 0.273 e. The van der Waals surface area contributed by atoms with E-state index in [1.54, 1.807) is 11.3 Å². The van der Waals surface area contributed by atoms with E-state index >= 15 is 0 Å². The minimum Gasteiger partial charge on any atom is -0.359 e. The Bertz CT molecular complexity index is 856. The van der Waals surface area contributed by atoms with Crippen molar-refractivity contribution in [3.8, 4) is 0 Å². The minimum absolute atomic E-state index is 0.146. The van der Waals surface area contributed by atoms with Gasteiger partial charge in [0, 0.05) is 17.4 Å². The summed E-state index contributed by atoms with van der Waals surface area (Å²) in [6, 6.07) is 4.69. The Hall–Kier alpha value is -2.18. The van der Waals surface area contributed by atoms with Crippen molar-refractivity contribution >= 4 is 29.0 Å². The van der Waals surface area contributed by atoms with Gasteiger partial charge < -0.3 is 10.3 Å². The highest BCUT2D eigenvalue weighted by molar-refractivity contribution is 7.12. The Balaban J connectivity index is 1.59. The maximum atomic E-state index is 12.2. The molecule has 0 spiro atoms. The first-order chi connectivity index (χ1) is 12.1. The zero-order chi connectivity index (χ0) is 17.4. The van der Waals surface area contributed by atoms with Gasteiger partial charge in [-0.3, -0.25) is 4.79 Å². The Morgan fingerprint density at radius 3 is 2.96 bits per heavy atom. The van der Waals surface area contributed by atoms with Crippen molar-refractivity contribution < 1.29 is 4.79 Å². The van der Waals surface area contributed by atoms with Crippen LogP contribution in [0.15, 0.2) is 28.2 Å². The number of aromatic amines is 1. The van der Waals surface area contributed by atoms with Gasteiger partial charge in [-0.1, -0.05) is 6.07 Å².